The van der Waals surface area contributed by atoms with Crippen molar-refractivity contribution in [3.63, 3.8) is 0 Å². The second kappa shape index (κ2) is 5.26. The fourth-order valence-corrected chi connectivity index (χ4v) is 2.49. The van der Waals surface area contributed by atoms with Gasteiger partial charge in [-0.3, -0.25) is 15.0 Å². The molecule has 0 fully saturated rings. The molecule has 0 radical (unpaired) electrons. The van der Waals surface area contributed by atoms with E-state index < -0.39 is 0 Å². The molecule has 0 aliphatic heterocycles. The second-order valence-electron chi connectivity index (χ2n) is 4.32. The predicted octanol–water partition coefficient (Wildman–Crippen LogP) is 4.16. The molecule has 100 valence electrons. The fourth-order valence-electron chi connectivity index (χ4n) is 1.76. The first-order valence-electron chi connectivity index (χ1n) is 6.07. The van der Waals surface area contributed by atoms with E-state index in [9.17, 15) is 4.79 Å². The summed E-state index contributed by atoms with van der Waals surface area (Å²) >= 11 is 1.54. The molecule has 20 heavy (non-hydrogen) atoms. The summed E-state index contributed by atoms with van der Waals surface area (Å²) in [6.07, 6.45) is 0. The fraction of sp³-hybridized carbons (Fsp3) is 0.0714. The molecule has 0 bridgehead atoms. The van der Waals surface area contributed by atoms with E-state index in [1.54, 1.807) is 0 Å². The van der Waals surface area contributed by atoms with Crippen LogP contribution in [0.15, 0.2) is 56.8 Å². The Morgan fingerprint density at radius 1 is 1.05 bits per heavy atom. The Hall–Kier alpha value is -2.47. The number of nitrogens with one attached hydrogen (secondary N) is 2. The van der Waals surface area contributed by atoms with E-state index in [0.717, 1.165) is 10.4 Å². The zero-order valence-corrected chi connectivity index (χ0v) is 11.6. The van der Waals surface area contributed by atoms with Gasteiger partial charge in [-0.1, -0.05) is 23.8 Å². The highest BCUT2D eigenvalue weighted by atomic mass is 32.1. The minimum atomic E-state index is -0.274. The Morgan fingerprint density at radius 2 is 1.85 bits per heavy atom. The summed E-state index contributed by atoms with van der Waals surface area (Å²) in [4.78, 5) is 12.7. The van der Waals surface area contributed by atoms with Gasteiger partial charge in [0.1, 0.15) is 5.69 Å². The van der Waals surface area contributed by atoms with Crippen LogP contribution in [-0.2, 0) is 0 Å². The Balaban J connectivity index is 1.97. The maximum absolute atomic E-state index is 11.8. The zero-order valence-electron chi connectivity index (χ0n) is 10.8. The number of thiophene rings is 1. The molecule has 0 aliphatic carbocycles. The minimum absolute atomic E-state index is 0.274. The molecule has 1 aromatic carbocycles. The van der Waals surface area contributed by atoms with Crippen LogP contribution >= 0.6 is 11.3 Å². The van der Waals surface area contributed by atoms with Gasteiger partial charge in [-0.2, -0.15) is 5.11 Å². The van der Waals surface area contributed by atoms with Gasteiger partial charge < -0.3 is 0 Å². The standard InChI is InChI=1S/C14H12N4OS/c1-9-4-6-10(7-5-9)15-17-13-12(16-18-14(13)19)11-3-2-8-20-11/h2-8H,1H3,(H2,16,18,19). The molecule has 3 rings (SSSR count). The van der Waals surface area contributed by atoms with Gasteiger partial charge in [-0.25, -0.2) is 0 Å². The summed E-state index contributed by atoms with van der Waals surface area (Å²) in [5.74, 6) is 0. The average Bonchev–Trinajstić information content (AvgIpc) is 3.08. The van der Waals surface area contributed by atoms with Crippen molar-refractivity contribution in [1.29, 1.82) is 0 Å². The van der Waals surface area contributed by atoms with Crippen molar-refractivity contribution in [2.24, 2.45) is 10.2 Å². The van der Waals surface area contributed by atoms with E-state index in [2.05, 4.69) is 20.4 Å². The lowest BCUT2D eigenvalue weighted by atomic mass is 10.2. The predicted molar refractivity (Wildman–Crippen MR) is 80.1 cm³/mol. The van der Waals surface area contributed by atoms with E-state index in [1.165, 1.54) is 11.3 Å². The van der Waals surface area contributed by atoms with Gasteiger partial charge in [0.15, 0.2) is 5.69 Å². The summed E-state index contributed by atoms with van der Waals surface area (Å²) in [6.45, 7) is 2.01. The van der Waals surface area contributed by atoms with Gasteiger partial charge in [-0.05, 0) is 30.5 Å². The summed E-state index contributed by atoms with van der Waals surface area (Å²) in [5, 5.41) is 15.5. The molecule has 0 amide bonds. The number of aromatic nitrogens is 2. The number of H-pyrrole nitrogens is 2. The van der Waals surface area contributed by atoms with Gasteiger partial charge in [-0.15, -0.1) is 16.5 Å². The number of aryl methyl sites for hydroxylation is 1. The van der Waals surface area contributed by atoms with Crippen LogP contribution in [0.2, 0.25) is 0 Å². The normalized spacial score (nSPS) is 11.2. The van der Waals surface area contributed by atoms with Crippen LogP contribution in [0.5, 0.6) is 0 Å². The Kier molecular flexibility index (Phi) is 3.30. The average molecular weight is 284 g/mol. The first-order chi connectivity index (χ1) is 9.74. The van der Waals surface area contributed by atoms with Gasteiger partial charge in [0.05, 0.1) is 10.6 Å². The lowest BCUT2D eigenvalue weighted by Gasteiger charge is -1.94. The van der Waals surface area contributed by atoms with Gasteiger partial charge >= 0.3 is 0 Å². The number of benzene rings is 1. The van der Waals surface area contributed by atoms with Crippen molar-refractivity contribution in [3.05, 3.63) is 57.7 Å². The topological polar surface area (TPSA) is 73.4 Å². The van der Waals surface area contributed by atoms with E-state index in [4.69, 9.17) is 0 Å². The molecule has 0 unspecified atom stereocenters. The molecule has 0 saturated heterocycles. The van der Waals surface area contributed by atoms with Crippen LogP contribution in [-0.4, -0.2) is 10.2 Å². The number of hydrogen-bond donors (Lipinski definition) is 2. The Morgan fingerprint density at radius 3 is 2.55 bits per heavy atom. The van der Waals surface area contributed by atoms with Crippen LogP contribution in [0.25, 0.3) is 10.6 Å². The molecule has 0 saturated carbocycles. The maximum Gasteiger partial charge on any atom is 0.292 e. The molecular weight excluding hydrogens is 272 g/mol. The van der Waals surface area contributed by atoms with Crippen LogP contribution < -0.4 is 5.56 Å². The summed E-state index contributed by atoms with van der Waals surface area (Å²) < 4.78 is 0. The van der Waals surface area contributed by atoms with Crippen molar-refractivity contribution >= 4 is 22.7 Å². The third-order valence-electron chi connectivity index (χ3n) is 2.82. The SMILES string of the molecule is Cc1ccc(N=Nc2c(-c3cccs3)[nH][nH]c2=O)cc1. The maximum atomic E-state index is 11.8. The zero-order chi connectivity index (χ0) is 13.9. The minimum Gasteiger partial charge on any atom is -0.294 e. The first-order valence-corrected chi connectivity index (χ1v) is 6.95. The largest absolute Gasteiger partial charge is 0.294 e. The molecule has 2 aromatic heterocycles. The second-order valence-corrected chi connectivity index (χ2v) is 5.26. The lowest BCUT2D eigenvalue weighted by molar-refractivity contribution is 1.06. The Bertz CT molecular complexity index is 781. The number of rotatable bonds is 3. The van der Waals surface area contributed by atoms with E-state index in [-0.39, 0.29) is 5.56 Å². The van der Waals surface area contributed by atoms with Crippen LogP contribution in [0.4, 0.5) is 11.4 Å². The van der Waals surface area contributed by atoms with Gasteiger partial charge in [0.2, 0.25) is 0 Å². The summed E-state index contributed by atoms with van der Waals surface area (Å²) in [6, 6.07) is 11.5. The van der Waals surface area contributed by atoms with Crippen molar-refractivity contribution in [1.82, 2.24) is 10.2 Å². The third-order valence-corrected chi connectivity index (χ3v) is 3.71. The highest BCUT2D eigenvalue weighted by molar-refractivity contribution is 7.13. The lowest BCUT2D eigenvalue weighted by Crippen LogP contribution is -1.96. The van der Waals surface area contributed by atoms with Crippen molar-refractivity contribution in [2.45, 2.75) is 6.92 Å². The molecule has 6 heteroatoms. The first kappa shape index (κ1) is 12.6. The van der Waals surface area contributed by atoms with E-state index in [0.29, 0.717) is 17.1 Å². The van der Waals surface area contributed by atoms with Gasteiger partial charge in [0, 0.05) is 0 Å². The third kappa shape index (κ3) is 2.46. The van der Waals surface area contributed by atoms with E-state index >= 15 is 0 Å². The Labute approximate surface area is 119 Å². The molecule has 0 spiro atoms. The van der Waals surface area contributed by atoms with Crippen molar-refractivity contribution in [2.75, 3.05) is 0 Å². The number of nitrogens with zero attached hydrogens (tertiary/aromatic N) is 2. The molecule has 5 nitrogen and oxygen atoms in total. The number of hydrogen-bond acceptors (Lipinski definition) is 4. The highest BCUT2D eigenvalue weighted by Crippen LogP contribution is 2.29. The van der Waals surface area contributed by atoms with Crippen molar-refractivity contribution < 1.29 is 0 Å². The van der Waals surface area contributed by atoms with Gasteiger partial charge in [0.25, 0.3) is 5.56 Å². The molecule has 2 heterocycles. The monoisotopic (exact) mass is 284 g/mol. The van der Waals surface area contributed by atoms with E-state index in [1.807, 2.05) is 48.7 Å². The molecule has 2 N–H and O–H groups in total. The summed E-state index contributed by atoms with van der Waals surface area (Å²) in [7, 11) is 0. The van der Waals surface area contributed by atoms with Crippen LogP contribution in [0, 0.1) is 6.92 Å². The molecular formula is C14H12N4OS. The van der Waals surface area contributed by atoms with Crippen LogP contribution in [0.3, 0.4) is 0 Å². The smallest absolute Gasteiger partial charge is 0.292 e. The quantitative estimate of drug-likeness (QED) is 0.696. The highest BCUT2D eigenvalue weighted by Gasteiger charge is 2.12. The molecule has 0 atom stereocenters. The number of aromatic amines is 2. The summed E-state index contributed by atoms with van der Waals surface area (Å²) in [5.41, 5.74) is 2.56. The molecule has 0 aliphatic rings. The number of azo groups is 1. The van der Waals surface area contributed by atoms with Crippen molar-refractivity contribution in [3.8, 4) is 10.6 Å². The van der Waals surface area contributed by atoms with Crippen LogP contribution in [0.1, 0.15) is 5.56 Å². The molecule has 3 aromatic rings.